The minimum absolute atomic E-state index is 0.172. The van der Waals surface area contributed by atoms with Crippen LogP contribution in [0.15, 0.2) is 55.2 Å². The molecule has 1 heterocycles. The molecule has 1 aromatic heterocycles. The summed E-state index contributed by atoms with van der Waals surface area (Å²) in [6.07, 6.45) is 0. The molecule has 3 heteroatoms. The van der Waals surface area contributed by atoms with Gasteiger partial charge in [-0.25, -0.2) is 0 Å². The average molecular weight is 553 g/mol. The molecule has 27 heavy (non-hydrogen) atoms. The molecule has 0 aliphatic heterocycles. The average Bonchev–Trinajstić information content (AvgIpc) is 2.87. The number of hydrogen-bond donors (Lipinski definition) is 0. The molecule has 0 nitrogen and oxygen atoms in total. The van der Waals surface area contributed by atoms with Crippen LogP contribution in [0.4, 0.5) is 0 Å². The summed E-state index contributed by atoms with van der Waals surface area (Å²) < 4.78 is 2.61. The number of hydrogen-bond acceptors (Lipinski definition) is 0. The predicted molar refractivity (Wildman–Crippen MR) is 127 cm³/mol. The summed E-state index contributed by atoms with van der Waals surface area (Å²) in [4.78, 5) is 0. The number of benzene rings is 2. The van der Waals surface area contributed by atoms with E-state index in [2.05, 4.69) is 122 Å². The fourth-order valence-corrected chi connectivity index (χ4v) is 8.51. The van der Waals surface area contributed by atoms with Crippen molar-refractivity contribution in [1.82, 2.24) is 0 Å². The van der Waals surface area contributed by atoms with E-state index in [1.54, 1.807) is 0 Å². The predicted octanol–water partition coefficient (Wildman–Crippen LogP) is 8.20. The van der Waals surface area contributed by atoms with Crippen LogP contribution in [0.2, 0.25) is 0 Å². The van der Waals surface area contributed by atoms with E-state index in [0.29, 0.717) is 0 Å². The molecule has 0 N–H and O–H groups in total. The van der Waals surface area contributed by atoms with Gasteiger partial charge in [-0.3, -0.25) is 0 Å². The van der Waals surface area contributed by atoms with Crippen LogP contribution in [-0.4, -0.2) is 14.5 Å². The number of rotatable bonds is 2. The monoisotopic (exact) mass is 552 g/mol. The van der Waals surface area contributed by atoms with Crippen molar-refractivity contribution in [2.24, 2.45) is 0 Å². The molecule has 0 aliphatic rings. The van der Waals surface area contributed by atoms with Gasteiger partial charge < -0.3 is 0 Å². The summed E-state index contributed by atoms with van der Waals surface area (Å²) in [7, 11) is 0. The Morgan fingerprint density at radius 3 is 1.11 bits per heavy atom. The Hall–Kier alpha value is -0.601. The van der Waals surface area contributed by atoms with Gasteiger partial charge in [0.1, 0.15) is 0 Å². The third kappa shape index (κ3) is 4.53. The molecule has 0 radical (unpaired) electrons. The van der Waals surface area contributed by atoms with Gasteiger partial charge in [-0.15, -0.1) is 0 Å². The maximum atomic E-state index is 3.86. The van der Waals surface area contributed by atoms with Gasteiger partial charge in [-0.2, -0.15) is 0 Å². The molecule has 0 spiro atoms. The molecule has 3 rings (SSSR count). The summed E-state index contributed by atoms with van der Waals surface area (Å²) in [6, 6.07) is 18.1. The number of halogens is 2. The molecular weight excluding hydrogens is 527 g/mol. The van der Waals surface area contributed by atoms with E-state index in [1.807, 2.05) is 0 Å². The van der Waals surface area contributed by atoms with Crippen molar-refractivity contribution in [1.29, 1.82) is 0 Å². The standard InChI is InChI=1S/C24H26Br2Se/c1-23(2,3)17-11-7-15(8-12-17)19-20(22(26)27-21(19)25)16-9-13-18(14-10-16)24(4,5)6/h7-14H,1-6H3. The van der Waals surface area contributed by atoms with Crippen LogP contribution < -0.4 is 0 Å². The van der Waals surface area contributed by atoms with E-state index in [0.717, 1.165) is 0 Å². The molecule has 0 aliphatic carbocycles. The molecule has 0 fully saturated rings. The van der Waals surface area contributed by atoms with E-state index in [4.69, 9.17) is 0 Å². The van der Waals surface area contributed by atoms with Crippen LogP contribution in [-0.2, 0) is 10.8 Å². The van der Waals surface area contributed by atoms with Crippen molar-refractivity contribution in [3.8, 4) is 22.3 Å². The molecule has 0 amide bonds. The molecule has 0 saturated carbocycles. The van der Waals surface area contributed by atoms with Crippen molar-refractivity contribution in [3.63, 3.8) is 0 Å². The maximum absolute atomic E-state index is 3.86. The Kier molecular flexibility index (Phi) is 6.00. The van der Waals surface area contributed by atoms with Crippen LogP contribution in [0.5, 0.6) is 0 Å². The second-order valence-electron chi connectivity index (χ2n) is 9.05. The Morgan fingerprint density at radius 2 is 0.852 bits per heavy atom. The Labute approximate surface area is 186 Å². The zero-order valence-corrected chi connectivity index (χ0v) is 21.7. The molecule has 0 atom stereocenters. The van der Waals surface area contributed by atoms with Crippen LogP contribution in [0.1, 0.15) is 52.7 Å². The molecular formula is C24H26Br2Se. The van der Waals surface area contributed by atoms with Gasteiger partial charge in [0, 0.05) is 0 Å². The van der Waals surface area contributed by atoms with E-state index in [-0.39, 0.29) is 25.3 Å². The molecule has 0 saturated heterocycles. The molecule has 0 unspecified atom stereocenters. The first kappa shape index (κ1) is 21.1. The van der Waals surface area contributed by atoms with Gasteiger partial charge in [0.2, 0.25) is 0 Å². The zero-order valence-electron chi connectivity index (χ0n) is 16.8. The molecule has 0 bridgehead atoms. The zero-order chi connectivity index (χ0) is 20.0. The van der Waals surface area contributed by atoms with E-state index in [9.17, 15) is 0 Å². The van der Waals surface area contributed by atoms with Crippen molar-refractivity contribution in [2.45, 2.75) is 52.4 Å². The summed E-state index contributed by atoms with van der Waals surface area (Å²) in [5.41, 5.74) is 8.28. The summed E-state index contributed by atoms with van der Waals surface area (Å²) in [5.74, 6) is 0. The van der Waals surface area contributed by atoms with Gasteiger partial charge in [0.15, 0.2) is 0 Å². The first-order valence-electron chi connectivity index (χ1n) is 9.18. The fraction of sp³-hybridized carbons (Fsp3) is 0.333. The molecule has 2 aromatic carbocycles. The van der Waals surface area contributed by atoms with Crippen LogP contribution in [0.3, 0.4) is 0 Å². The van der Waals surface area contributed by atoms with Gasteiger partial charge >= 0.3 is 187 Å². The normalized spacial score (nSPS) is 12.4. The Balaban J connectivity index is 2.09. The summed E-state index contributed by atoms with van der Waals surface area (Å²) in [6.45, 7) is 13.6. The van der Waals surface area contributed by atoms with Crippen LogP contribution in [0, 0.1) is 0 Å². The SMILES string of the molecule is CC(C)(C)c1ccc(-c2c(Br)[se]c(Br)c2-c2ccc(C(C)(C)C)cc2)cc1. The third-order valence-electron chi connectivity index (χ3n) is 4.90. The van der Waals surface area contributed by atoms with Crippen LogP contribution in [0.25, 0.3) is 22.3 Å². The first-order chi connectivity index (χ1) is 12.5. The second-order valence-corrected chi connectivity index (χ2v) is 15.1. The van der Waals surface area contributed by atoms with Gasteiger partial charge in [0.05, 0.1) is 0 Å². The molecule has 3 aromatic rings. The summed E-state index contributed by atoms with van der Waals surface area (Å²) in [5, 5.41) is 0. The van der Waals surface area contributed by atoms with Crippen molar-refractivity contribution in [3.05, 3.63) is 66.4 Å². The van der Waals surface area contributed by atoms with Crippen molar-refractivity contribution < 1.29 is 0 Å². The van der Waals surface area contributed by atoms with Crippen molar-refractivity contribution in [2.75, 3.05) is 0 Å². The second kappa shape index (κ2) is 7.67. The summed E-state index contributed by atoms with van der Waals surface area (Å²) >= 11 is 8.01. The fourth-order valence-electron chi connectivity index (χ4n) is 3.17. The van der Waals surface area contributed by atoms with E-state index < -0.39 is 0 Å². The Morgan fingerprint density at radius 1 is 0.556 bits per heavy atom. The molecule has 142 valence electrons. The van der Waals surface area contributed by atoms with E-state index in [1.165, 1.54) is 40.1 Å². The Bertz CT molecular complexity index is 856. The van der Waals surface area contributed by atoms with Crippen molar-refractivity contribution >= 4 is 46.4 Å². The first-order valence-corrected chi connectivity index (χ1v) is 12.5. The third-order valence-corrected chi connectivity index (χ3v) is 8.99. The van der Waals surface area contributed by atoms with Gasteiger partial charge in [-0.1, -0.05) is 0 Å². The quantitative estimate of drug-likeness (QED) is 0.281. The van der Waals surface area contributed by atoms with Gasteiger partial charge in [0.25, 0.3) is 0 Å². The topological polar surface area (TPSA) is 0 Å². The van der Waals surface area contributed by atoms with Gasteiger partial charge in [-0.05, 0) is 0 Å². The van der Waals surface area contributed by atoms with E-state index >= 15 is 0 Å². The minimum atomic E-state index is 0.172. The van der Waals surface area contributed by atoms with Crippen LogP contribution >= 0.6 is 31.9 Å².